The minimum absolute atomic E-state index is 0.341. The molecule has 0 aliphatic rings. The molecule has 10 heavy (non-hydrogen) atoms. The molecular formula is C8H11NS. The van der Waals surface area contributed by atoms with E-state index >= 15 is 0 Å². The smallest absolute Gasteiger partial charge is 0.0208 e. The summed E-state index contributed by atoms with van der Waals surface area (Å²) in [6.07, 6.45) is 1.92. The summed E-state index contributed by atoms with van der Waals surface area (Å²) >= 11 is 0. The van der Waals surface area contributed by atoms with Gasteiger partial charge in [0.1, 0.15) is 0 Å². The van der Waals surface area contributed by atoms with Gasteiger partial charge in [-0.25, -0.2) is 0 Å². The fourth-order valence-corrected chi connectivity index (χ4v) is 1.73. The number of aryl methyl sites for hydroxylation is 1. The molecule has 0 fully saturated rings. The third kappa shape index (κ3) is 1.45. The summed E-state index contributed by atoms with van der Waals surface area (Å²) in [5, 5.41) is 0. The molecule has 0 aliphatic carbocycles. The molecule has 54 valence electrons. The van der Waals surface area contributed by atoms with Crippen molar-refractivity contribution in [3.8, 4) is 0 Å². The van der Waals surface area contributed by atoms with Crippen molar-refractivity contribution in [2.45, 2.75) is 11.8 Å². The molecule has 0 aromatic heterocycles. The van der Waals surface area contributed by atoms with Gasteiger partial charge in [-0.05, 0) is 24.8 Å². The molecule has 1 unspecified atom stereocenters. The Bertz CT molecular complexity index is 255. The van der Waals surface area contributed by atoms with Gasteiger partial charge in [0.15, 0.2) is 0 Å². The summed E-state index contributed by atoms with van der Waals surface area (Å²) in [5.41, 5.74) is 1.23. The van der Waals surface area contributed by atoms with Gasteiger partial charge in [-0.2, -0.15) is 0 Å². The van der Waals surface area contributed by atoms with E-state index in [9.17, 15) is 0 Å². The molecule has 0 spiro atoms. The molecule has 1 aromatic rings. The minimum Gasteiger partial charge on any atom is -0.276 e. The van der Waals surface area contributed by atoms with Gasteiger partial charge in [-0.3, -0.25) is 4.78 Å². The Morgan fingerprint density at radius 1 is 1.30 bits per heavy atom. The molecule has 1 rings (SSSR count). The molecule has 0 saturated heterocycles. The second kappa shape index (κ2) is 2.97. The third-order valence-electron chi connectivity index (χ3n) is 1.42. The van der Waals surface area contributed by atoms with Crippen molar-refractivity contribution in [3.05, 3.63) is 29.8 Å². The molecule has 0 amide bonds. The van der Waals surface area contributed by atoms with Gasteiger partial charge in [-0.15, -0.1) is 0 Å². The fourth-order valence-electron chi connectivity index (χ4n) is 0.900. The summed E-state index contributed by atoms with van der Waals surface area (Å²) in [7, 11) is -0.341. The summed E-state index contributed by atoms with van der Waals surface area (Å²) in [6, 6.07) is 8.06. The maximum Gasteiger partial charge on any atom is 0.0208 e. The molecule has 0 bridgehead atoms. The number of hydrogen-bond donors (Lipinski definition) is 1. The van der Waals surface area contributed by atoms with E-state index in [1.54, 1.807) is 0 Å². The lowest BCUT2D eigenvalue weighted by atomic mass is 10.2. The first-order valence-electron chi connectivity index (χ1n) is 3.14. The van der Waals surface area contributed by atoms with Crippen molar-refractivity contribution in [1.82, 2.24) is 0 Å². The summed E-state index contributed by atoms with van der Waals surface area (Å²) in [4.78, 5) is 1.16. The molecule has 0 heterocycles. The Labute approximate surface area is 64.0 Å². The van der Waals surface area contributed by atoms with Crippen LogP contribution in [0, 0.1) is 11.7 Å². The van der Waals surface area contributed by atoms with Crippen molar-refractivity contribution in [3.63, 3.8) is 0 Å². The normalized spacial score (nSPS) is 13.0. The minimum atomic E-state index is -0.341. The van der Waals surface area contributed by atoms with Gasteiger partial charge in [0, 0.05) is 4.90 Å². The molecular weight excluding hydrogens is 142 g/mol. The zero-order valence-electron chi connectivity index (χ0n) is 6.22. The Hall–Kier alpha value is -0.630. The second-order valence-electron chi connectivity index (χ2n) is 2.28. The van der Waals surface area contributed by atoms with E-state index in [-0.39, 0.29) is 10.7 Å². The van der Waals surface area contributed by atoms with Crippen molar-refractivity contribution in [2.75, 3.05) is 6.26 Å². The van der Waals surface area contributed by atoms with Crippen LogP contribution in [0.15, 0.2) is 29.2 Å². The molecule has 0 saturated carbocycles. The lowest BCUT2D eigenvalue weighted by Gasteiger charge is -2.01. The van der Waals surface area contributed by atoms with E-state index in [2.05, 4.69) is 0 Å². The molecule has 1 atom stereocenters. The van der Waals surface area contributed by atoms with Crippen molar-refractivity contribution >= 4 is 10.7 Å². The maximum absolute atomic E-state index is 7.49. The van der Waals surface area contributed by atoms with Gasteiger partial charge in [0.2, 0.25) is 0 Å². The van der Waals surface area contributed by atoms with E-state index in [1.807, 2.05) is 37.4 Å². The first kappa shape index (κ1) is 7.48. The van der Waals surface area contributed by atoms with Crippen molar-refractivity contribution in [2.24, 2.45) is 0 Å². The zero-order chi connectivity index (χ0) is 7.56. The predicted molar refractivity (Wildman–Crippen MR) is 45.5 cm³/mol. The number of benzene rings is 1. The van der Waals surface area contributed by atoms with E-state index in [4.69, 9.17) is 4.78 Å². The summed E-state index contributed by atoms with van der Waals surface area (Å²) in [5.74, 6) is 0. The van der Waals surface area contributed by atoms with Crippen LogP contribution in [0.5, 0.6) is 0 Å². The largest absolute Gasteiger partial charge is 0.276 e. The monoisotopic (exact) mass is 153 g/mol. The third-order valence-corrected chi connectivity index (χ3v) is 2.54. The van der Waals surface area contributed by atoms with E-state index < -0.39 is 0 Å². The topological polar surface area (TPSA) is 23.9 Å². The summed E-state index contributed by atoms with van der Waals surface area (Å²) < 4.78 is 7.49. The molecule has 0 radical (unpaired) electrons. The van der Waals surface area contributed by atoms with Crippen LogP contribution in [-0.2, 0) is 10.7 Å². The number of hydrogen-bond acceptors (Lipinski definition) is 1. The molecule has 2 heteroatoms. The van der Waals surface area contributed by atoms with Crippen LogP contribution in [-0.4, -0.2) is 6.26 Å². The Kier molecular flexibility index (Phi) is 2.22. The van der Waals surface area contributed by atoms with Crippen LogP contribution in [0.4, 0.5) is 0 Å². The Morgan fingerprint density at radius 3 is 2.30 bits per heavy atom. The van der Waals surface area contributed by atoms with Gasteiger partial charge in [-0.1, -0.05) is 28.9 Å². The van der Waals surface area contributed by atoms with Crippen LogP contribution in [0.3, 0.4) is 0 Å². The highest BCUT2D eigenvalue weighted by atomic mass is 32.2. The van der Waals surface area contributed by atoms with E-state index in [0.717, 1.165) is 4.90 Å². The highest BCUT2D eigenvalue weighted by Gasteiger charge is 1.94. The maximum atomic E-state index is 7.49. The Balaban J connectivity index is 3.15. The van der Waals surface area contributed by atoms with Crippen molar-refractivity contribution in [1.29, 1.82) is 4.78 Å². The van der Waals surface area contributed by atoms with Crippen LogP contribution in [0.25, 0.3) is 0 Å². The SMILES string of the molecule is Cc1ccccc1S(C)=N. The fraction of sp³-hybridized carbons (Fsp3) is 0.250. The first-order chi connectivity index (χ1) is 4.72. The zero-order valence-corrected chi connectivity index (χ0v) is 7.03. The van der Waals surface area contributed by atoms with Crippen LogP contribution in [0.2, 0.25) is 0 Å². The summed E-state index contributed by atoms with van der Waals surface area (Å²) in [6.45, 7) is 2.05. The standard InChI is InChI=1S/C8H11NS/c1-7-5-3-4-6-8(7)10(2)9/h3-6,9H,1-2H3. The molecule has 0 aliphatic heterocycles. The highest BCUT2D eigenvalue weighted by Crippen LogP contribution is 2.10. The van der Waals surface area contributed by atoms with Crippen LogP contribution in [0.1, 0.15) is 5.56 Å². The number of nitrogens with one attached hydrogen (secondary N) is 1. The highest BCUT2D eigenvalue weighted by molar-refractivity contribution is 7.85. The van der Waals surface area contributed by atoms with Crippen LogP contribution >= 0.6 is 0 Å². The lowest BCUT2D eigenvalue weighted by Crippen LogP contribution is -1.87. The van der Waals surface area contributed by atoms with E-state index in [1.165, 1.54) is 5.56 Å². The van der Waals surface area contributed by atoms with Gasteiger partial charge in [0.05, 0.1) is 0 Å². The van der Waals surface area contributed by atoms with Gasteiger partial charge >= 0.3 is 0 Å². The second-order valence-corrected chi connectivity index (χ2v) is 3.74. The average Bonchev–Trinajstić information content (AvgIpc) is 1.88. The molecule has 1 aromatic carbocycles. The molecule has 1 N–H and O–H groups in total. The Morgan fingerprint density at radius 2 is 1.90 bits per heavy atom. The van der Waals surface area contributed by atoms with Crippen molar-refractivity contribution < 1.29 is 0 Å². The average molecular weight is 153 g/mol. The number of rotatable bonds is 1. The van der Waals surface area contributed by atoms with Gasteiger partial charge in [0.25, 0.3) is 0 Å². The first-order valence-corrected chi connectivity index (χ1v) is 4.78. The molecule has 1 nitrogen and oxygen atoms in total. The van der Waals surface area contributed by atoms with Gasteiger partial charge < -0.3 is 0 Å². The predicted octanol–water partition coefficient (Wildman–Crippen LogP) is 2.36. The van der Waals surface area contributed by atoms with E-state index in [0.29, 0.717) is 0 Å². The quantitative estimate of drug-likeness (QED) is 0.640. The van der Waals surface area contributed by atoms with Crippen LogP contribution < -0.4 is 0 Å². The lowest BCUT2D eigenvalue weighted by molar-refractivity contribution is 1.29.